The summed E-state index contributed by atoms with van der Waals surface area (Å²) < 4.78 is 15.9. The highest BCUT2D eigenvalue weighted by Crippen LogP contribution is 2.15. The number of nitrogens with one attached hydrogen (secondary N) is 1. The molecule has 6 heteroatoms. The summed E-state index contributed by atoms with van der Waals surface area (Å²) in [6.45, 7) is 3.26. The lowest BCUT2D eigenvalue weighted by molar-refractivity contribution is 0.0816. The molecule has 134 valence electrons. The van der Waals surface area contributed by atoms with Crippen molar-refractivity contribution in [3.05, 3.63) is 54.1 Å². The lowest BCUT2D eigenvalue weighted by atomic mass is 10.1. The van der Waals surface area contributed by atoms with Gasteiger partial charge in [0.2, 0.25) is 0 Å². The van der Waals surface area contributed by atoms with E-state index in [0.717, 1.165) is 38.9 Å². The summed E-state index contributed by atoms with van der Waals surface area (Å²) in [5.41, 5.74) is 0.753. The van der Waals surface area contributed by atoms with E-state index >= 15 is 0 Å². The lowest BCUT2D eigenvalue weighted by Crippen LogP contribution is -2.37. The van der Waals surface area contributed by atoms with Crippen molar-refractivity contribution in [1.29, 1.82) is 0 Å². The van der Waals surface area contributed by atoms with E-state index in [0.29, 0.717) is 17.8 Å². The highest BCUT2D eigenvalue weighted by Gasteiger charge is 2.16. The number of amides is 1. The molecule has 2 aromatic rings. The standard InChI is InChI=1S/C19H24FN3O2/c20-17-14-15(4-5-18(17)23-10-1-2-11-23)19(25)21-8-3-9-22-12-6-16(24)7-13-22/h1-2,4-5,10-11,14,16,24H,3,6-9,12-13H2,(H,21,25). The van der Waals surface area contributed by atoms with Gasteiger partial charge in [-0.1, -0.05) is 0 Å². The van der Waals surface area contributed by atoms with Crippen LogP contribution in [0.5, 0.6) is 0 Å². The second kappa shape index (κ2) is 8.27. The highest BCUT2D eigenvalue weighted by atomic mass is 19.1. The molecule has 2 N–H and O–H groups in total. The van der Waals surface area contributed by atoms with Crippen molar-refractivity contribution in [3.8, 4) is 5.69 Å². The predicted molar refractivity (Wildman–Crippen MR) is 94.4 cm³/mol. The number of aliphatic hydroxyl groups is 1. The van der Waals surface area contributed by atoms with Crippen LogP contribution in [0.25, 0.3) is 5.69 Å². The molecule has 0 unspecified atom stereocenters. The molecular weight excluding hydrogens is 321 g/mol. The van der Waals surface area contributed by atoms with Crippen molar-refractivity contribution in [3.63, 3.8) is 0 Å². The first-order valence-electron chi connectivity index (χ1n) is 8.75. The van der Waals surface area contributed by atoms with E-state index in [4.69, 9.17) is 0 Å². The molecule has 1 amide bonds. The van der Waals surface area contributed by atoms with Crippen LogP contribution in [0, 0.1) is 5.82 Å². The molecule has 1 aliphatic rings. The molecule has 0 atom stereocenters. The van der Waals surface area contributed by atoms with E-state index in [-0.39, 0.29) is 12.0 Å². The van der Waals surface area contributed by atoms with Crippen molar-refractivity contribution < 1.29 is 14.3 Å². The van der Waals surface area contributed by atoms with Gasteiger partial charge >= 0.3 is 0 Å². The smallest absolute Gasteiger partial charge is 0.251 e. The Hall–Kier alpha value is -2.18. The SMILES string of the molecule is O=C(NCCCN1CCC(O)CC1)c1ccc(-n2cccc2)c(F)c1. The topological polar surface area (TPSA) is 57.5 Å². The van der Waals surface area contributed by atoms with Gasteiger partial charge in [-0.05, 0) is 56.1 Å². The van der Waals surface area contributed by atoms with Gasteiger partial charge in [0.1, 0.15) is 5.82 Å². The maximum Gasteiger partial charge on any atom is 0.251 e. The molecule has 0 saturated carbocycles. The molecule has 3 rings (SSSR count). The molecule has 1 aromatic heterocycles. The minimum atomic E-state index is -0.421. The lowest BCUT2D eigenvalue weighted by Gasteiger charge is -2.29. The van der Waals surface area contributed by atoms with Crippen LogP contribution in [-0.4, -0.2) is 52.8 Å². The highest BCUT2D eigenvalue weighted by molar-refractivity contribution is 5.94. The first kappa shape index (κ1) is 17.6. The molecule has 0 radical (unpaired) electrons. The number of carbonyl (C=O) groups excluding carboxylic acids is 1. The summed E-state index contributed by atoms with van der Waals surface area (Å²) in [7, 11) is 0. The van der Waals surface area contributed by atoms with Gasteiger partial charge in [-0.15, -0.1) is 0 Å². The molecule has 2 heterocycles. The number of carbonyl (C=O) groups is 1. The van der Waals surface area contributed by atoms with Crippen molar-refractivity contribution in [2.24, 2.45) is 0 Å². The number of piperidine rings is 1. The molecular formula is C19H24FN3O2. The molecule has 0 spiro atoms. The van der Waals surface area contributed by atoms with Crippen LogP contribution in [0.4, 0.5) is 4.39 Å². The fraction of sp³-hybridized carbons (Fsp3) is 0.421. The zero-order valence-electron chi connectivity index (χ0n) is 14.2. The third-order valence-corrected chi connectivity index (χ3v) is 4.59. The average molecular weight is 345 g/mol. The summed E-state index contributed by atoms with van der Waals surface area (Å²) in [5, 5.41) is 12.3. The van der Waals surface area contributed by atoms with E-state index < -0.39 is 5.82 Å². The van der Waals surface area contributed by atoms with Gasteiger partial charge < -0.3 is 19.9 Å². The van der Waals surface area contributed by atoms with Gasteiger partial charge in [0, 0.05) is 37.6 Å². The predicted octanol–water partition coefficient (Wildman–Crippen LogP) is 2.19. The summed E-state index contributed by atoms with van der Waals surface area (Å²) in [4.78, 5) is 14.5. The number of nitrogens with zero attached hydrogens (tertiary/aromatic N) is 2. The van der Waals surface area contributed by atoms with Crippen LogP contribution in [-0.2, 0) is 0 Å². The normalized spacial score (nSPS) is 16.1. The van der Waals surface area contributed by atoms with Crippen molar-refractivity contribution in [1.82, 2.24) is 14.8 Å². The van der Waals surface area contributed by atoms with Gasteiger partial charge in [0.15, 0.2) is 0 Å². The molecule has 25 heavy (non-hydrogen) atoms. The third-order valence-electron chi connectivity index (χ3n) is 4.59. The number of hydrogen-bond donors (Lipinski definition) is 2. The first-order valence-corrected chi connectivity index (χ1v) is 8.75. The molecule has 0 aliphatic carbocycles. The Balaban J connectivity index is 1.46. The summed E-state index contributed by atoms with van der Waals surface area (Å²) >= 11 is 0. The molecule has 1 aliphatic heterocycles. The Morgan fingerprint density at radius 1 is 1.24 bits per heavy atom. The van der Waals surface area contributed by atoms with Crippen LogP contribution in [0.3, 0.4) is 0 Å². The Bertz CT molecular complexity index is 695. The fourth-order valence-electron chi connectivity index (χ4n) is 3.10. The molecule has 1 saturated heterocycles. The van der Waals surface area contributed by atoms with Gasteiger partial charge in [-0.3, -0.25) is 4.79 Å². The number of aliphatic hydroxyl groups excluding tert-OH is 1. The first-order chi connectivity index (χ1) is 12.1. The van der Waals surface area contributed by atoms with Crippen LogP contribution in [0.15, 0.2) is 42.7 Å². The fourth-order valence-corrected chi connectivity index (χ4v) is 3.10. The van der Waals surface area contributed by atoms with E-state index in [9.17, 15) is 14.3 Å². The van der Waals surface area contributed by atoms with Gasteiger partial charge in [0.25, 0.3) is 5.91 Å². The van der Waals surface area contributed by atoms with Crippen molar-refractivity contribution >= 4 is 5.91 Å². The second-order valence-corrected chi connectivity index (χ2v) is 6.44. The largest absolute Gasteiger partial charge is 0.393 e. The zero-order chi connectivity index (χ0) is 17.6. The maximum atomic E-state index is 14.2. The van der Waals surface area contributed by atoms with Crippen LogP contribution < -0.4 is 5.32 Å². The second-order valence-electron chi connectivity index (χ2n) is 6.44. The molecule has 1 fully saturated rings. The quantitative estimate of drug-likeness (QED) is 0.789. The minimum Gasteiger partial charge on any atom is -0.393 e. The summed E-state index contributed by atoms with van der Waals surface area (Å²) in [5.74, 6) is -0.678. The van der Waals surface area contributed by atoms with Crippen LogP contribution >= 0.6 is 0 Å². The monoisotopic (exact) mass is 345 g/mol. The number of benzene rings is 1. The Labute approximate surface area is 147 Å². The number of aromatic nitrogens is 1. The zero-order valence-corrected chi connectivity index (χ0v) is 14.2. The number of rotatable bonds is 6. The van der Waals surface area contributed by atoms with E-state index in [1.54, 1.807) is 29.1 Å². The van der Waals surface area contributed by atoms with E-state index in [2.05, 4.69) is 10.2 Å². The van der Waals surface area contributed by atoms with Gasteiger partial charge in [-0.25, -0.2) is 4.39 Å². The third kappa shape index (κ3) is 4.67. The van der Waals surface area contributed by atoms with Crippen molar-refractivity contribution in [2.75, 3.05) is 26.2 Å². The maximum absolute atomic E-state index is 14.2. The van der Waals surface area contributed by atoms with Gasteiger partial charge in [-0.2, -0.15) is 0 Å². The number of hydrogen-bond acceptors (Lipinski definition) is 3. The van der Waals surface area contributed by atoms with Crippen molar-refractivity contribution in [2.45, 2.75) is 25.4 Å². The number of likely N-dealkylation sites (tertiary alicyclic amines) is 1. The Morgan fingerprint density at radius 3 is 2.64 bits per heavy atom. The minimum absolute atomic E-state index is 0.166. The Kier molecular flexibility index (Phi) is 5.83. The van der Waals surface area contributed by atoms with Crippen LogP contribution in [0.2, 0.25) is 0 Å². The Morgan fingerprint density at radius 2 is 1.96 bits per heavy atom. The van der Waals surface area contributed by atoms with E-state index in [1.807, 2.05) is 12.1 Å². The molecule has 5 nitrogen and oxygen atoms in total. The number of halogens is 1. The molecule has 0 bridgehead atoms. The van der Waals surface area contributed by atoms with Gasteiger partial charge in [0.05, 0.1) is 11.8 Å². The summed E-state index contributed by atoms with van der Waals surface area (Å²) in [6, 6.07) is 8.17. The average Bonchev–Trinajstić information content (AvgIpc) is 3.14. The summed E-state index contributed by atoms with van der Waals surface area (Å²) in [6.07, 6.45) is 5.83. The van der Waals surface area contributed by atoms with Crippen LogP contribution in [0.1, 0.15) is 29.6 Å². The van der Waals surface area contributed by atoms with E-state index in [1.165, 1.54) is 6.07 Å². The molecule has 1 aromatic carbocycles.